The van der Waals surface area contributed by atoms with Gasteiger partial charge in [0, 0.05) is 11.1 Å². The molecule has 2 heterocycles. The second-order valence-electron chi connectivity index (χ2n) is 3.17. The second kappa shape index (κ2) is 4.80. The summed E-state index contributed by atoms with van der Waals surface area (Å²) in [4.78, 5) is 20.0. The molecule has 0 aliphatic rings. The van der Waals surface area contributed by atoms with Gasteiger partial charge in [0.2, 0.25) is 0 Å². The van der Waals surface area contributed by atoms with Crippen molar-refractivity contribution in [3.05, 3.63) is 41.5 Å². The van der Waals surface area contributed by atoms with Crippen molar-refractivity contribution in [2.24, 2.45) is 0 Å². The molecular formula is C9H7ClIN3OS. The first-order chi connectivity index (χ1) is 7.58. The van der Waals surface area contributed by atoms with Gasteiger partial charge < -0.3 is 0 Å². The van der Waals surface area contributed by atoms with Crippen LogP contribution in [0.3, 0.4) is 0 Å². The van der Waals surface area contributed by atoms with E-state index < -0.39 is 0 Å². The fraction of sp³-hybridized carbons (Fsp3) is 0.222. The van der Waals surface area contributed by atoms with E-state index in [1.165, 1.54) is 22.2 Å². The van der Waals surface area contributed by atoms with Gasteiger partial charge in [-0.1, -0.05) is 11.6 Å². The van der Waals surface area contributed by atoms with Crippen LogP contribution < -0.4 is 5.56 Å². The summed E-state index contributed by atoms with van der Waals surface area (Å²) in [5.74, 6) is 0. The summed E-state index contributed by atoms with van der Waals surface area (Å²) in [7, 11) is 0. The zero-order valence-corrected chi connectivity index (χ0v) is 12.0. The normalized spacial score (nSPS) is 10.7. The average molecular weight is 368 g/mol. The summed E-state index contributed by atoms with van der Waals surface area (Å²) in [5, 5.41) is 3.09. The molecule has 0 aliphatic carbocycles. The Morgan fingerprint density at radius 2 is 2.38 bits per heavy atom. The molecule has 2 aromatic rings. The maximum Gasteiger partial charge on any atom is 0.268 e. The lowest BCUT2D eigenvalue weighted by Gasteiger charge is -2.03. The topological polar surface area (TPSA) is 47.8 Å². The molecule has 2 rings (SSSR count). The van der Waals surface area contributed by atoms with Crippen molar-refractivity contribution >= 4 is 45.5 Å². The Labute approximate surface area is 114 Å². The van der Waals surface area contributed by atoms with E-state index in [1.807, 2.05) is 34.9 Å². The van der Waals surface area contributed by atoms with Crippen LogP contribution in [0, 0.1) is 10.5 Å². The molecule has 0 aromatic carbocycles. The van der Waals surface area contributed by atoms with Gasteiger partial charge in [-0.15, -0.1) is 11.3 Å². The molecule has 0 atom stereocenters. The molecule has 0 fully saturated rings. The summed E-state index contributed by atoms with van der Waals surface area (Å²) in [6.45, 7) is 2.37. The monoisotopic (exact) mass is 367 g/mol. The van der Waals surface area contributed by atoms with Gasteiger partial charge in [-0.2, -0.15) is 0 Å². The zero-order valence-electron chi connectivity index (χ0n) is 8.28. The average Bonchev–Trinajstić information content (AvgIpc) is 2.65. The van der Waals surface area contributed by atoms with Crippen molar-refractivity contribution < 1.29 is 0 Å². The van der Waals surface area contributed by atoms with Gasteiger partial charge in [0.25, 0.3) is 5.56 Å². The highest BCUT2D eigenvalue weighted by Gasteiger charge is 2.08. The highest BCUT2D eigenvalue weighted by molar-refractivity contribution is 14.1. The van der Waals surface area contributed by atoms with Crippen molar-refractivity contribution in [3.63, 3.8) is 0 Å². The van der Waals surface area contributed by atoms with Crippen LogP contribution in [0.15, 0.2) is 16.5 Å². The number of hydrogen-bond donors (Lipinski definition) is 0. The zero-order chi connectivity index (χ0) is 11.7. The Morgan fingerprint density at radius 1 is 1.62 bits per heavy atom. The third-order valence-corrected chi connectivity index (χ3v) is 4.44. The largest absolute Gasteiger partial charge is 0.291 e. The van der Waals surface area contributed by atoms with Gasteiger partial charge in [0.05, 0.1) is 12.9 Å². The van der Waals surface area contributed by atoms with Gasteiger partial charge in [0.15, 0.2) is 0 Å². The van der Waals surface area contributed by atoms with Gasteiger partial charge in [0.1, 0.15) is 13.7 Å². The summed E-state index contributed by atoms with van der Waals surface area (Å²) in [5.41, 5.74) is 0.832. The van der Waals surface area contributed by atoms with E-state index >= 15 is 0 Å². The van der Waals surface area contributed by atoms with E-state index in [0.29, 0.717) is 10.1 Å². The number of aryl methyl sites for hydroxylation is 1. The minimum absolute atomic E-state index is 0.131. The van der Waals surface area contributed by atoms with Crippen LogP contribution in [0.5, 0.6) is 0 Å². The van der Waals surface area contributed by atoms with Crippen LogP contribution in [0.4, 0.5) is 0 Å². The minimum atomic E-state index is -0.131. The van der Waals surface area contributed by atoms with Gasteiger partial charge in [-0.25, -0.2) is 9.97 Å². The number of halogens is 2. The van der Waals surface area contributed by atoms with Crippen molar-refractivity contribution in [1.29, 1.82) is 0 Å². The molecule has 0 amide bonds. The predicted molar refractivity (Wildman–Crippen MR) is 72.2 cm³/mol. The first-order valence-corrected chi connectivity index (χ1v) is 6.73. The maximum absolute atomic E-state index is 11.8. The quantitative estimate of drug-likeness (QED) is 0.604. The Kier molecular flexibility index (Phi) is 3.60. The molecule has 7 heteroatoms. The third kappa shape index (κ3) is 2.44. The minimum Gasteiger partial charge on any atom is -0.291 e. The SMILES string of the molecule is Cc1csc(Cn2cnc(Cl)c(I)c2=O)n1. The lowest BCUT2D eigenvalue weighted by Crippen LogP contribution is -2.23. The number of thiazole rings is 1. The van der Waals surface area contributed by atoms with Crippen LogP contribution in [0.1, 0.15) is 10.7 Å². The van der Waals surface area contributed by atoms with Gasteiger partial charge in [-0.3, -0.25) is 9.36 Å². The molecule has 0 saturated carbocycles. The van der Waals surface area contributed by atoms with Crippen LogP contribution in [-0.2, 0) is 6.54 Å². The Balaban J connectivity index is 2.36. The van der Waals surface area contributed by atoms with Crippen LogP contribution >= 0.6 is 45.5 Å². The van der Waals surface area contributed by atoms with Crippen LogP contribution in [0.2, 0.25) is 5.15 Å². The van der Waals surface area contributed by atoms with E-state index in [4.69, 9.17) is 11.6 Å². The third-order valence-electron chi connectivity index (χ3n) is 1.91. The smallest absolute Gasteiger partial charge is 0.268 e. The molecular weight excluding hydrogens is 361 g/mol. The van der Waals surface area contributed by atoms with Crippen molar-refractivity contribution in [1.82, 2.24) is 14.5 Å². The van der Waals surface area contributed by atoms with Gasteiger partial charge in [-0.05, 0) is 29.5 Å². The fourth-order valence-electron chi connectivity index (χ4n) is 1.18. The molecule has 0 spiro atoms. The summed E-state index contributed by atoms with van der Waals surface area (Å²) < 4.78 is 1.95. The molecule has 2 aromatic heterocycles. The first-order valence-electron chi connectivity index (χ1n) is 4.39. The summed E-state index contributed by atoms with van der Waals surface area (Å²) in [6.07, 6.45) is 1.45. The number of hydrogen-bond acceptors (Lipinski definition) is 4. The summed E-state index contributed by atoms with van der Waals surface area (Å²) in [6, 6.07) is 0. The van der Waals surface area contributed by atoms with Crippen molar-refractivity contribution in [3.8, 4) is 0 Å². The Bertz CT molecular complexity index is 580. The highest BCUT2D eigenvalue weighted by atomic mass is 127. The van der Waals surface area contributed by atoms with Gasteiger partial charge >= 0.3 is 0 Å². The van der Waals surface area contributed by atoms with E-state index in [2.05, 4.69) is 9.97 Å². The van der Waals surface area contributed by atoms with Crippen molar-refractivity contribution in [2.75, 3.05) is 0 Å². The molecule has 84 valence electrons. The second-order valence-corrected chi connectivity index (χ2v) is 5.54. The van der Waals surface area contributed by atoms with Crippen LogP contribution in [-0.4, -0.2) is 14.5 Å². The molecule has 0 saturated heterocycles. The fourth-order valence-corrected chi connectivity index (χ4v) is 2.52. The van der Waals surface area contributed by atoms with E-state index in [9.17, 15) is 4.79 Å². The first kappa shape index (κ1) is 12.0. The predicted octanol–water partition coefficient (Wildman–Crippen LogP) is 2.31. The molecule has 0 N–H and O–H groups in total. The lowest BCUT2D eigenvalue weighted by atomic mass is 10.5. The maximum atomic E-state index is 11.8. The molecule has 0 unspecified atom stereocenters. The Morgan fingerprint density at radius 3 is 3.00 bits per heavy atom. The standard InChI is InChI=1S/C9H7ClIN3OS/c1-5-3-16-6(13-5)2-14-4-12-8(10)7(11)9(14)15/h3-4H,2H2,1H3. The molecule has 0 aliphatic heterocycles. The van der Waals surface area contributed by atoms with Crippen LogP contribution in [0.25, 0.3) is 0 Å². The van der Waals surface area contributed by atoms with Crippen molar-refractivity contribution in [2.45, 2.75) is 13.5 Å². The lowest BCUT2D eigenvalue weighted by molar-refractivity contribution is 0.724. The Hall–Kier alpha value is -0.470. The molecule has 16 heavy (non-hydrogen) atoms. The van der Waals surface area contributed by atoms with E-state index in [-0.39, 0.29) is 10.7 Å². The number of rotatable bonds is 2. The number of nitrogens with zero attached hydrogens (tertiary/aromatic N) is 3. The van der Waals surface area contributed by atoms with E-state index in [1.54, 1.807) is 0 Å². The molecule has 0 bridgehead atoms. The summed E-state index contributed by atoms with van der Waals surface area (Å²) >= 11 is 9.17. The van der Waals surface area contributed by atoms with E-state index in [0.717, 1.165) is 10.7 Å². The highest BCUT2D eigenvalue weighted by Crippen LogP contribution is 2.12. The number of aromatic nitrogens is 3. The molecule has 0 radical (unpaired) electrons. The molecule has 4 nitrogen and oxygen atoms in total.